The minimum atomic E-state index is -0.641. The van der Waals surface area contributed by atoms with Gasteiger partial charge in [0.25, 0.3) is 5.91 Å². The van der Waals surface area contributed by atoms with Crippen molar-refractivity contribution in [3.8, 4) is 5.75 Å². The lowest BCUT2D eigenvalue weighted by Crippen LogP contribution is -2.52. The van der Waals surface area contributed by atoms with Crippen molar-refractivity contribution in [1.29, 1.82) is 0 Å². The number of para-hydroxylation sites is 1. The predicted octanol–water partition coefficient (Wildman–Crippen LogP) is 2.57. The average Bonchev–Trinajstić information content (AvgIpc) is 3.09. The molecule has 2 aliphatic heterocycles. The molecule has 2 aliphatic rings. The average molecular weight is 401 g/mol. The molecule has 7 nitrogen and oxygen atoms in total. The first-order valence-electron chi connectivity index (χ1n) is 9.84. The van der Waals surface area contributed by atoms with Gasteiger partial charge < -0.3 is 9.64 Å². The lowest BCUT2D eigenvalue weighted by atomic mass is 10.0. The molecule has 3 amide bonds. The fourth-order valence-electron chi connectivity index (χ4n) is 4.03. The van der Waals surface area contributed by atoms with E-state index >= 15 is 0 Å². The molecule has 0 aliphatic carbocycles. The van der Waals surface area contributed by atoms with E-state index in [0.717, 1.165) is 22.2 Å². The normalized spacial score (nSPS) is 18.5. The zero-order chi connectivity index (χ0) is 20.7. The van der Waals surface area contributed by atoms with Crippen molar-refractivity contribution in [2.24, 2.45) is 0 Å². The van der Waals surface area contributed by atoms with Gasteiger partial charge in [0.2, 0.25) is 11.8 Å². The number of hydrogen-bond acceptors (Lipinski definition) is 5. The van der Waals surface area contributed by atoms with Crippen molar-refractivity contribution in [2.45, 2.75) is 32.0 Å². The quantitative estimate of drug-likeness (QED) is 0.679. The standard InChI is InChI=1S/C23H19N3O4/c27-21-11-10-19(22(28)25-21)26-12-17-16(23(26)29)5-3-7-20(17)30-13-15-9-8-14-4-1-2-6-18(14)24-15/h1-9,19H,10-13H2,(H,25,27,28). The number of imide groups is 1. The number of rotatable bonds is 4. The van der Waals surface area contributed by atoms with E-state index in [2.05, 4.69) is 10.3 Å². The van der Waals surface area contributed by atoms with Gasteiger partial charge >= 0.3 is 0 Å². The molecule has 0 bridgehead atoms. The van der Waals surface area contributed by atoms with Crippen LogP contribution in [0.3, 0.4) is 0 Å². The third-order valence-electron chi connectivity index (χ3n) is 5.57. The highest BCUT2D eigenvalue weighted by Crippen LogP contribution is 2.33. The van der Waals surface area contributed by atoms with Gasteiger partial charge in [-0.15, -0.1) is 0 Å². The summed E-state index contributed by atoms with van der Waals surface area (Å²) in [5, 5.41) is 3.38. The highest BCUT2D eigenvalue weighted by Gasteiger charge is 2.40. The molecular formula is C23H19N3O4. The first kappa shape index (κ1) is 18.3. The topological polar surface area (TPSA) is 88.6 Å². The van der Waals surface area contributed by atoms with Gasteiger partial charge in [-0.1, -0.05) is 30.3 Å². The molecule has 1 aromatic heterocycles. The maximum Gasteiger partial charge on any atom is 0.255 e. The van der Waals surface area contributed by atoms with Gasteiger partial charge in [-0.2, -0.15) is 0 Å². The van der Waals surface area contributed by atoms with Gasteiger partial charge in [-0.25, -0.2) is 4.98 Å². The van der Waals surface area contributed by atoms with E-state index < -0.39 is 11.9 Å². The zero-order valence-corrected chi connectivity index (χ0v) is 16.1. The summed E-state index contributed by atoms with van der Waals surface area (Å²) < 4.78 is 6.02. The van der Waals surface area contributed by atoms with E-state index in [9.17, 15) is 14.4 Å². The molecule has 30 heavy (non-hydrogen) atoms. The van der Waals surface area contributed by atoms with Crippen LogP contribution in [0.25, 0.3) is 10.9 Å². The Morgan fingerprint density at radius 1 is 1.03 bits per heavy atom. The lowest BCUT2D eigenvalue weighted by molar-refractivity contribution is -0.136. The summed E-state index contributed by atoms with van der Waals surface area (Å²) in [4.78, 5) is 42.7. The Morgan fingerprint density at radius 3 is 2.77 bits per heavy atom. The Labute approximate surface area is 172 Å². The molecule has 3 heterocycles. The molecular weight excluding hydrogens is 382 g/mol. The molecule has 0 spiro atoms. The monoisotopic (exact) mass is 401 g/mol. The van der Waals surface area contributed by atoms with Crippen LogP contribution in [0, 0.1) is 0 Å². The number of amides is 3. The van der Waals surface area contributed by atoms with Crippen LogP contribution < -0.4 is 10.1 Å². The van der Waals surface area contributed by atoms with Crippen LogP contribution >= 0.6 is 0 Å². The Balaban J connectivity index is 1.36. The number of pyridine rings is 1. The smallest absolute Gasteiger partial charge is 0.255 e. The van der Waals surface area contributed by atoms with Crippen molar-refractivity contribution in [1.82, 2.24) is 15.2 Å². The number of ether oxygens (including phenoxy) is 1. The number of nitrogens with zero attached hydrogens (tertiary/aromatic N) is 2. The van der Waals surface area contributed by atoms with Gasteiger partial charge in [0, 0.05) is 22.9 Å². The van der Waals surface area contributed by atoms with Crippen LogP contribution in [0.5, 0.6) is 5.75 Å². The summed E-state index contributed by atoms with van der Waals surface area (Å²) >= 11 is 0. The van der Waals surface area contributed by atoms with Gasteiger partial charge in [0.15, 0.2) is 0 Å². The molecule has 1 saturated heterocycles. The van der Waals surface area contributed by atoms with E-state index in [-0.39, 0.29) is 31.4 Å². The third kappa shape index (κ3) is 3.18. The molecule has 150 valence electrons. The fraction of sp³-hybridized carbons (Fsp3) is 0.217. The van der Waals surface area contributed by atoms with Crippen molar-refractivity contribution < 1.29 is 19.1 Å². The second kappa shape index (κ2) is 7.26. The Kier molecular flexibility index (Phi) is 4.43. The van der Waals surface area contributed by atoms with E-state index in [1.54, 1.807) is 12.1 Å². The summed E-state index contributed by atoms with van der Waals surface area (Å²) in [5.41, 5.74) is 2.98. The highest BCUT2D eigenvalue weighted by atomic mass is 16.5. The summed E-state index contributed by atoms with van der Waals surface area (Å²) in [6.07, 6.45) is 0.565. The number of carbonyl (C=O) groups excluding carboxylic acids is 3. The molecule has 5 rings (SSSR count). The van der Waals surface area contributed by atoms with Gasteiger partial charge in [-0.3, -0.25) is 19.7 Å². The van der Waals surface area contributed by atoms with Crippen LogP contribution in [0.15, 0.2) is 54.6 Å². The Bertz CT molecular complexity index is 1190. The molecule has 1 N–H and O–H groups in total. The summed E-state index contributed by atoms with van der Waals surface area (Å²) in [7, 11) is 0. The van der Waals surface area contributed by atoms with Crippen molar-refractivity contribution in [3.05, 3.63) is 71.4 Å². The maximum atomic E-state index is 12.9. The summed E-state index contributed by atoms with van der Waals surface area (Å²) in [6.45, 7) is 0.551. The lowest BCUT2D eigenvalue weighted by Gasteiger charge is -2.29. The molecule has 1 atom stereocenters. The van der Waals surface area contributed by atoms with Gasteiger partial charge in [-0.05, 0) is 30.7 Å². The molecule has 1 unspecified atom stereocenters. The number of piperidine rings is 1. The molecule has 0 saturated carbocycles. The second-order valence-electron chi connectivity index (χ2n) is 7.47. The van der Waals surface area contributed by atoms with E-state index in [4.69, 9.17) is 4.74 Å². The maximum absolute atomic E-state index is 12.9. The second-order valence-corrected chi connectivity index (χ2v) is 7.47. The molecule has 1 fully saturated rings. The van der Waals surface area contributed by atoms with Crippen molar-refractivity contribution in [2.75, 3.05) is 0 Å². The fourth-order valence-corrected chi connectivity index (χ4v) is 4.03. The van der Waals surface area contributed by atoms with E-state index in [0.29, 0.717) is 17.7 Å². The number of fused-ring (bicyclic) bond motifs is 2. The largest absolute Gasteiger partial charge is 0.487 e. The Morgan fingerprint density at radius 2 is 1.90 bits per heavy atom. The zero-order valence-electron chi connectivity index (χ0n) is 16.1. The third-order valence-corrected chi connectivity index (χ3v) is 5.57. The molecule has 7 heteroatoms. The number of aromatic nitrogens is 1. The number of nitrogens with one attached hydrogen (secondary N) is 1. The first-order chi connectivity index (χ1) is 14.6. The molecule has 0 radical (unpaired) electrons. The van der Waals surface area contributed by atoms with Gasteiger partial charge in [0.05, 0.1) is 17.8 Å². The van der Waals surface area contributed by atoms with Crippen LogP contribution in [0.4, 0.5) is 0 Å². The van der Waals surface area contributed by atoms with Crippen LogP contribution in [-0.2, 0) is 22.7 Å². The SMILES string of the molecule is O=C1CCC(N2Cc3c(OCc4ccc5ccccc5n4)cccc3C2=O)C(=O)N1. The summed E-state index contributed by atoms with van der Waals surface area (Å²) in [5.74, 6) is -0.332. The molecule has 2 aromatic carbocycles. The van der Waals surface area contributed by atoms with Gasteiger partial charge in [0.1, 0.15) is 18.4 Å². The van der Waals surface area contributed by atoms with E-state index in [1.165, 1.54) is 4.90 Å². The van der Waals surface area contributed by atoms with Crippen LogP contribution in [0.2, 0.25) is 0 Å². The minimum absolute atomic E-state index is 0.214. The molecule has 3 aromatic rings. The predicted molar refractivity (Wildman–Crippen MR) is 109 cm³/mol. The number of carbonyl (C=O) groups is 3. The minimum Gasteiger partial charge on any atom is -0.487 e. The van der Waals surface area contributed by atoms with Crippen LogP contribution in [-0.4, -0.2) is 33.6 Å². The summed E-state index contributed by atoms with van der Waals surface area (Å²) in [6, 6.07) is 16.5. The van der Waals surface area contributed by atoms with Crippen molar-refractivity contribution >= 4 is 28.6 Å². The number of hydrogen-bond donors (Lipinski definition) is 1. The highest BCUT2D eigenvalue weighted by molar-refractivity contribution is 6.05. The van der Waals surface area contributed by atoms with Crippen LogP contribution in [0.1, 0.15) is 34.5 Å². The first-order valence-corrected chi connectivity index (χ1v) is 9.84. The Hall–Kier alpha value is -3.74. The van der Waals surface area contributed by atoms with E-state index in [1.807, 2.05) is 42.5 Å². The number of benzene rings is 2. The van der Waals surface area contributed by atoms with Crippen molar-refractivity contribution in [3.63, 3.8) is 0 Å².